The van der Waals surface area contributed by atoms with Crippen LogP contribution in [0.2, 0.25) is 0 Å². The lowest BCUT2D eigenvalue weighted by Crippen LogP contribution is -2.38. The fraction of sp³-hybridized carbons (Fsp3) is 0.500. The van der Waals surface area contributed by atoms with Crippen LogP contribution in [0.1, 0.15) is 50.3 Å². The van der Waals surface area contributed by atoms with Crippen molar-refractivity contribution in [3.63, 3.8) is 0 Å². The number of piperidine rings is 1. The maximum atomic E-state index is 11.8. The minimum atomic E-state index is -0.00384. The average Bonchev–Trinajstić information content (AvgIpc) is 3.42. The number of hydrogen-bond acceptors (Lipinski definition) is 4. The number of nitrogens with zero attached hydrogens (tertiary/aromatic N) is 4. The predicted molar refractivity (Wildman–Crippen MR) is 118 cm³/mol. The standard InChI is InChI=1S/C24H30N4O2/c1-26-17-25-18(15-24(26)29)16-27-12-9-20(10-13-27)30-23-8-4-7-22-21(23)11-14-28(22)19-5-2-3-6-19/h4,7-8,11,14-15,17,19-20H,2-3,5-6,9-10,12-13,16H2,1H3. The van der Waals surface area contributed by atoms with Crippen LogP contribution in [0.25, 0.3) is 10.9 Å². The Kier molecular flexibility index (Phi) is 5.34. The zero-order valence-electron chi connectivity index (χ0n) is 17.7. The quantitative estimate of drug-likeness (QED) is 0.645. The van der Waals surface area contributed by atoms with Crippen LogP contribution in [0.3, 0.4) is 0 Å². The Balaban J connectivity index is 1.22. The van der Waals surface area contributed by atoms with E-state index in [2.05, 4.69) is 44.9 Å². The molecule has 0 unspecified atom stereocenters. The van der Waals surface area contributed by atoms with Crippen LogP contribution < -0.4 is 10.3 Å². The molecular weight excluding hydrogens is 376 g/mol. The number of fused-ring (bicyclic) bond motifs is 1. The van der Waals surface area contributed by atoms with Gasteiger partial charge in [0.1, 0.15) is 11.9 Å². The number of aryl methyl sites for hydroxylation is 1. The molecule has 0 radical (unpaired) electrons. The van der Waals surface area contributed by atoms with Gasteiger partial charge in [0, 0.05) is 50.4 Å². The van der Waals surface area contributed by atoms with Crippen LogP contribution in [0.4, 0.5) is 0 Å². The molecule has 0 spiro atoms. The first-order valence-electron chi connectivity index (χ1n) is 11.2. The number of ether oxygens (including phenoxy) is 1. The molecule has 1 aliphatic heterocycles. The second-order valence-corrected chi connectivity index (χ2v) is 8.77. The molecule has 2 fully saturated rings. The van der Waals surface area contributed by atoms with Crippen molar-refractivity contribution in [2.75, 3.05) is 13.1 Å². The molecule has 3 aromatic rings. The summed E-state index contributed by atoms with van der Waals surface area (Å²) in [5.74, 6) is 1.01. The summed E-state index contributed by atoms with van der Waals surface area (Å²) in [6.45, 7) is 2.64. The summed E-state index contributed by atoms with van der Waals surface area (Å²) in [5.41, 5.74) is 2.14. The summed E-state index contributed by atoms with van der Waals surface area (Å²) in [6, 6.07) is 11.0. The van der Waals surface area contributed by atoms with E-state index in [9.17, 15) is 4.79 Å². The van der Waals surface area contributed by atoms with Gasteiger partial charge >= 0.3 is 0 Å². The maximum Gasteiger partial charge on any atom is 0.253 e. The summed E-state index contributed by atoms with van der Waals surface area (Å²) in [4.78, 5) is 18.5. The SMILES string of the molecule is Cn1cnc(CN2CCC(Oc3cccc4c3ccn4C3CCCC3)CC2)cc1=O. The molecule has 2 aromatic heterocycles. The Morgan fingerprint density at radius 2 is 1.90 bits per heavy atom. The van der Waals surface area contributed by atoms with E-state index in [-0.39, 0.29) is 11.7 Å². The molecule has 0 N–H and O–H groups in total. The molecule has 6 nitrogen and oxygen atoms in total. The first kappa shape index (κ1) is 19.4. The van der Waals surface area contributed by atoms with Crippen molar-refractivity contribution < 1.29 is 4.74 Å². The van der Waals surface area contributed by atoms with Gasteiger partial charge < -0.3 is 13.9 Å². The van der Waals surface area contributed by atoms with Gasteiger partial charge in [-0.1, -0.05) is 18.9 Å². The van der Waals surface area contributed by atoms with E-state index in [0.717, 1.165) is 43.9 Å². The lowest BCUT2D eigenvalue weighted by atomic mass is 10.1. The molecule has 1 aromatic carbocycles. The van der Waals surface area contributed by atoms with E-state index in [1.807, 2.05) is 0 Å². The number of rotatable bonds is 5. The van der Waals surface area contributed by atoms with Crippen molar-refractivity contribution in [1.29, 1.82) is 0 Å². The molecule has 30 heavy (non-hydrogen) atoms. The summed E-state index contributed by atoms with van der Waals surface area (Å²) >= 11 is 0. The summed E-state index contributed by atoms with van der Waals surface area (Å²) < 4.78 is 10.4. The van der Waals surface area contributed by atoms with Crippen molar-refractivity contribution in [1.82, 2.24) is 19.0 Å². The first-order chi connectivity index (χ1) is 14.7. The maximum absolute atomic E-state index is 11.8. The number of aromatic nitrogens is 3. The third-order valence-corrected chi connectivity index (χ3v) is 6.69. The topological polar surface area (TPSA) is 52.3 Å². The number of likely N-dealkylation sites (tertiary alicyclic amines) is 1. The normalized spacial score (nSPS) is 19.0. The highest BCUT2D eigenvalue weighted by Gasteiger charge is 2.23. The van der Waals surface area contributed by atoms with Gasteiger partial charge in [0.25, 0.3) is 5.56 Å². The molecule has 2 aliphatic rings. The molecule has 0 atom stereocenters. The second kappa shape index (κ2) is 8.26. The highest BCUT2D eigenvalue weighted by molar-refractivity contribution is 5.86. The average molecular weight is 407 g/mol. The van der Waals surface area contributed by atoms with Crippen molar-refractivity contribution in [2.45, 2.75) is 57.2 Å². The second-order valence-electron chi connectivity index (χ2n) is 8.77. The van der Waals surface area contributed by atoms with E-state index in [1.54, 1.807) is 19.4 Å². The van der Waals surface area contributed by atoms with E-state index in [1.165, 1.54) is 41.2 Å². The Morgan fingerprint density at radius 1 is 1.10 bits per heavy atom. The van der Waals surface area contributed by atoms with Gasteiger partial charge in [-0.25, -0.2) is 4.98 Å². The van der Waals surface area contributed by atoms with Gasteiger partial charge in [-0.05, 0) is 43.9 Å². The Hall–Kier alpha value is -2.60. The highest BCUT2D eigenvalue weighted by Crippen LogP contribution is 2.36. The minimum absolute atomic E-state index is 0.00384. The highest BCUT2D eigenvalue weighted by atomic mass is 16.5. The molecule has 3 heterocycles. The van der Waals surface area contributed by atoms with Gasteiger partial charge in [-0.2, -0.15) is 0 Å². The van der Waals surface area contributed by atoms with Gasteiger partial charge in [0.15, 0.2) is 0 Å². The Labute approximate surface area is 177 Å². The van der Waals surface area contributed by atoms with Crippen LogP contribution in [0.15, 0.2) is 47.7 Å². The molecule has 1 saturated heterocycles. The minimum Gasteiger partial charge on any atom is -0.490 e. The molecule has 6 heteroatoms. The van der Waals surface area contributed by atoms with Crippen LogP contribution in [-0.2, 0) is 13.6 Å². The fourth-order valence-electron chi connectivity index (χ4n) is 4.94. The van der Waals surface area contributed by atoms with Crippen molar-refractivity contribution >= 4 is 10.9 Å². The Morgan fingerprint density at radius 3 is 2.67 bits per heavy atom. The van der Waals surface area contributed by atoms with E-state index in [4.69, 9.17) is 4.74 Å². The van der Waals surface area contributed by atoms with Crippen molar-refractivity contribution in [2.24, 2.45) is 7.05 Å². The number of hydrogen-bond donors (Lipinski definition) is 0. The molecule has 0 bridgehead atoms. The van der Waals surface area contributed by atoms with Crippen molar-refractivity contribution in [3.8, 4) is 5.75 Å². The first-order valence-corrected chi connectivity index (χ1v) is 11.2. The van der Waals surface area contributed by atoms with E-state index in [0.29, 0.717) is 6.04 Å². The smallest absolute Gasteiger partial charge is 0.253 e. The monoisotopic (exact) mass is 406 g/mol. The zero-order valence-corrected chi connectivity index (χ0v) is 17.7. The Bertz CT molecular complexity index is 1070. The van der Waals surface area contributed by atoms with Crippen molar-refractivity contribution in [3.05, 3.63) is 58.9 Å². The fourth-order valence-corrected chi connectivity index (χ4v) is 4.94. The van der Waals surface area contributed by atoms with Gasteiger partial charge in [-0.15, -0.1) is 0 Å². The third kappa shape index (κ3) is 3.88. The molecule has 1 saturated carbocycles. The zero-order chi connectivity index (χ0) is 20.5. The number of benzene rings is 1. The molecule has 5 rings (SSSR count). The lowest BCUT2D eigenvalue weighted by molar-refractivity contribution is 0.0972. The molecule has 0 amide bonds. The third-order valence-electron chi connectivity index (χ3n) is 6.69. The van der Waals surface area contributed by atoms with Gasteiger partial charge in [0.05, 0.1) is 17.5 Å². The van der Waals surface area contributed by atoms with Gasteiger partial charge in [-0.3, -0.25) is 9.69 Å². The van der Waals surface area contributed by atoms with Crippen LogP contribution in [-0.4, -0.2) is 38.2 Å². The van der Waals surface area contributed by atoms with Crippen LogP contribution in [0, 0.1) is 0 Å². The van der Waals surface area contributed by atoms with E-state index >= 15 is 0 Å². The molecule has 158 valence electrons. The van der Waals surface area contributed by atoms with Gasteiger partial charge in [0.2, 0.25) is 0 Å². The summed E-state index contributed by atoms with van der Waals surface area (Å²) in [5, 5.41) is 1.23. The summed E-state index contributed by atoms with van der Waals surface area (Å²) in [6.07, 6.45) is 11.3. The summed E-state index contributed by atoms with van der Waals surface area (Å²) in [7, 11) is 1.73. The van der Waals surface area contributed by atoms with E-state index < -0.39 is 0 Å². The molecule has 1 aliphatic carbocycles. The van der Waals surface area contributed by atoms with Crippen LogP contribution >= 0.6 is 0 Å². The largest absolute Gasteiger partial charge is 0.490 e. The van der Waals surface area contributed by atoms with Crippen LogP contribution in [0.5, 0.6) is 5.75 Å². The molecular formula is C24H30N4O2. The predicted octanol–water partition coefficient (Wildman–Crippen LogP) is 3.89. The lowest BCUT2D eigenvalue weighted by Gasteiger charge is -2.32.